The molecule has 2 rings (SSSR count). The van der Waals surface area contributed by atoms with Crippen molar-refractivity contribution in [3.63, 3.8) is 0 Å². The van der Waals surface area contributed by atoms with Crippen LogP contribution in [-0.4, -0.2) is 21.8 Å². The summed E-state index contributed by atoms with van der Waals surface area (Å²) in [7, 11) is 1.98. The first-order valence-corrected chi connectivity index (χ1v) is 6.36. The standard InChI is InChI=1S/C14H20N4/c1-4-18-14(9-11(2)17-18)13(15-3)10-12-7-5-6-8-16-12/h5-9,13,15H,4,10H2,1-3H3. The molecule has 0 aliphatic carbocycles. The Bertz CT molecular complexity index is 490. The molecule has 2 heterocycles. The highest BCUT2D eigenvalue weighted by molar-refractivity contribution is 5.16. The van der Waals surface area contributed by atoms with E-state index in [2.05, 4.69) is 39.1 Å². The lowest BCUT2D eigenvalue weighted by molar-refractivity contribution is 0.509. The van der Waals surface area contributed by atoms with E-state index in [9.17, 15) is 0 Å². The Labute approximate surface area is 108 Å². The van der Waals surface area contributed by atoms with Crippen LogP contribution in [-0.2, 0) is 13.0 Å². The molecule has 0 fully saturated rings. The lowest BCUT2D eigenvalue weighted by Gasteiger charge is -2.17. The third-order valence-corrected chi connectivity index (χ3v) is 3.08. The zero-order chi connectivity index (χ0) is 13.0. The Morgan fingerprint density at radius 3 is 2.83 bits per heavy atom. The summed E-state index contributed by atoms with van der Waals surface area (Å²) in [6, 6.07) is 8.42. The second kappa shape index (κ2) is 5.78. The van der Waals surface area contributed by atoms with Gasteiger partial charge in [0.15, 0.2) is 0 Å². The van der Waals surface area contributed by atoms with E-state index in [1.807, 2.05) is 32.3 Å². The molecule has 4 heteroatoms. The van der Waals surface area contributed by atoms with E-state index in [1.165, 1.54) is 5.69 Å². The molecule has 1 atom stereocenters. The van der Waals surface area contributed by atoms with Crippen molar-refractivity contribution in [2.24, 2.45) is 0 Å². The van der Waals surface area contributed by atoms with E-state index in [0.29, 0.717) is 0 Å². The van der Waals surface area contributed by atoms with Crippen LogP contribution in [0.2, 0.25) is 0 Å². The van der Waals surface area contributed by atoms with Crippen LogP contribution in [0.15, 0.2) is 30.5 Å². The van der Waals surface area contributed by atoms with Crippen LogP contribution in [0.25, 0.3) is 0 Å². The largest absolute Gasteiger partial charge is 0.311 e. The van der Waals surface area contributed by atoms with Gasteiger partial charge in [0.05, 0.1) is 17.4 Å². The predicted molar refractivity (Wildman–Crippen MR) is 72.4 cm³/mol. The molecular formula is C14H20N4. The van der Waals surface area contributed by atoms with Crippen molar-refractivity contribution in [1.82, 2.24) is 20.1 Å². The zero-order valence-electron chi connectivity index (χ0n) is 11.2. The van der Waals surface area contributed by atoms with Crippen LogP contribution in [0.3, 0.4) is 0 Å². The molecule has 0 bridgehead atoms. The summed E-state index contributed by atoms with van der Waals surface area (Å²) >= 11 is 0. The van der Waals surface area contributed by atoms with Crippen LogP contribution in [0.4, 0.5) is 0 Å². The van der Waals surface area contributed by atoms with Gasteiger partial charge in [-0.05, 0) is 39.1 Å². The average molecular weight is 244 g/mol. The van der Waals surface area contributed by atoms with E-state index in [0.717, 1.165) is 24.4 Å². The van der Waals surface area contributed by atoms with E-state index in [-0.39, 0.29) is 6.04 Å². The maximum atomic E-state index is 4.50. The van der Waals surface area contributed by atoms with Crippen LogP contribution >= 0.6 is 0 Å². The fourth-order valence-electron chi connectivity index (χ4n) is 2.18. The molecule has 4 nitrogen and oxygen atoms in total. The maximum absolute atomic E-state index is 4.50. The van der Waals surface area contributed by atoms with Crippen LogP contribution in [0.5, 0.6) is 0 Å². The van der Waals surface area contributed by atoms with Gasteiger partial charge in [0.1, 0.15) is 0 Å². The minimum absolute atomic E-state index is 0.251. The number of aromatic nitrogens is 3. The summed E-state index contributed by atoms with van der Waals surface area (Å²) < 4.78 is 2.06. The van der Waals surface area contributed by atoms with Gasteiger partial charge in [-0.25, -0.2) is 0 Å². The predicted octanol–water partition coefficient (Wildman–Crippen LogP) is 2.11. The van der Waals surface area contributed by atoms with E-state index < -0.39 is 0 Å². The SMILES string of the molecule is CCn1nc(C)cc1C(Cc1ccccn1)NC. The number of hydrogen-bond acceptors (Lipinski definition) is 3. The lowest BCUT2D eigenvalue weighted by atomic mass is 10.1. The topological polar surface area (TPSA) is 42.7 Å². The summed E-state index contributed by atoms with van der Waals surface area (Å²) in [4.78, 5) is 4.38. The molecule has 1 unspecified atom stereocenters. The molecule has 0 aromatic carbocycles. The van der Waals surface area contributed by atoms with Gasteiger partial charge in [0.25, 0.3) is 0 Å². The number of rotatable bonds is 5. The van der Waals surface area contributed by atoms with Crippen molar-refractivity contribution >= 4 is 0 Å². The van der Waals surface area contributed by atoms with Crippen molar-refractivity contribution < 1.29 is 0 Å². The van der Waals surface area contributed by atoms with Gasteiger partial charge in [-0.3, -0.25) is 9.67 Å². The number of nitrogens with zero attached hydrogens (tertiary/aromatic N) is 3. The molecule has 0 radical (unpaired) electrons. The molecule has 2 aromatic heterocycles. The normalized spacial score (nSPS) is 12.6. The van der Waals surface area contributed by atoms with Crippen molar-refractivity contribution in [1.29, 1.82) is 0 Å². The number of likely N-dealkylation sites (N-methyl/N-ethyl adjacent to an activating group) is 1. The molecule has 18 heavy (non-hydrogen) atoms. The monoisotopic (exact) mass is 244 g/mol. The molecule has 0 aliphatic rings. The quantitative estimate of drug-likeness (QED) is 0.876. The average Bonchev–Trinajstić information content (AvgIpc) is 2.78. The van der Waals surface area contributed by atoms with E-state index >= 15 is 0 Å². The van der Waals surface area contributed by atoms with Gasteiger partial charge >= 0.3 is 0 Å². The van der Waals surface area contributed by atoms with Gasteiger partial charge in [-0.2, -0.15) is 5.10 Å². The van der Waals surface area contributed by atoms with Crippen LogP contribution < -0.4 is 5.32 Å². The van der Waals surface area contributed by atoms with Crippen LogP contribution in [0, 0.1) is 6.92 Å². The number of hydrogen-bond donors (Lipinski definition) is 1. The van der Waals surface area contributed by atoms with E-state index in [4.69, 9.17) is 0 Å². The van der Waals surface area contributed by atoms with Crippen molar-refractivity contribution in [2.75, 3.05) is 7.05 Å². The maximum Gasteiger partial charge on any atom is 0.0597 e. The Balaban J connectivity index is 2.22. The first-order chi connectivity index (χ1) is 8.74. The molecule has 0 aliphatic heterocycles. The summed E-state index contributed by atoms with van der Waals surface area (Å²) in [5, 5.41) is 7.85. The van der Waals surface area contributed by atoms with Gasteiger partial charge in [-0.1, -0.05) is 6.07 Å². The molecular weight excluding hydrogens is 224 g/mol. The fraction of sp³-hybridized carbons (Fsp3) is 0.429. The Morgan fingerprint density at radius 1 is 1.39 bits per heavy atom. The molecule has 1 N–H and O–H groups in total. The lowest BCUT2D eigenvalue weighted by Crippen LogP contribution is -2.22. The second-order valence-corrected chi connectivity index (χ2v) is 4.39. The second-order valence-electron chi connectivity index (χ2n) is 4.39. The van der Waals surface area contributed by atoms with Crippen molar-refractivity contribution in [3.05, 3.63) is 47.5 Å². The van der Waals surface area contributed by atoms with Crippen molar-refractivity contribution in [3.8, 4) is 0 Å². The van der Waals surface area contributed by atoms with Gasteiger partial charge in [0, 0.05) is 24.9 Å². The van der Waals surface area contributed by atoms with Crippen molar-refractivity contribution in [2.45, 2.75) is 32.9 Å². The summed E-state index contributed by atoms with van der Waals surface area (Å²) in [6.45, 7) is 5.04. The Kier molecular flexibility index (Phi) is 4.10. The third-order valence-electron chi connectivity index (χ3n) is 3.08. The minimum atomic E-state index is 0.251. The summed E-state index contributed by atoms with van der Waals surface area (Å²) in [5.41, 5.74) is 3.38. The molecule has 96 valence electrons. The first kappa shape index (κ1) is 12.8. The molecule has 0 amide bonds. The smallest absolute Gasteiger partial charge is 0.0597 e. The summed E-state index contributed by atoms with van der Waals surface area (Å²) in [6.07, 6.45) is 2.72. The first-order valence-electron chi connectivity index (χ1n) is 6.36. The number of pyridine rings is 1. The highest BCUT2D eigenvalue weighted by atomic mass is 15.3. The number of nitrogens with one attached hydrogen (secondary N) is 1. The van der Waals surface area contributed by atoms with Crippen LogP contribution in [0.1, 0.15) is 30.0 Å². The van der Waals surface area contributed by atoms with Gasteiger partial charge in [0.2, 0.25) is 0 Å². The van der Waals surface area contributed by atoms with Gasteiger partial charge < -0.3 is 5.32 Å². The summed E-state index contributed by atoms with van der Waals surface area (Å²) in [5.74, 6) is 0. The molecule has 0 saturated carbocycles. The Morgan fingerprint density at radius 2 is 2.22 bits per heavy atom. The molecule has 0 saturated heterocycles. The van der Waals surface area contributed by atoms with E-state index in [1.54, 1.807) is 0 Å². The number of aryl methyl sites for hydroxylation is 2. The molecule has 2 aromatic rings. The fourth-order valence-corrected chi connectivity index (χ4v) is 2.18. The zero-order valence-corrected chi connectivity index (χ0v) is 11.2. The minimum Gasteiger partial charge on any atom is -0.311 e. The highest BCUT2D eigenvalue weighted by Gasteiger charge is 2.16. The third kappa shape index (κ3) is 2.76. The van der Waals surface area contributed by atoms with Gasteiger partial charge in [-0.15, -0.1) is 0 Å². The molecule has 0 spiro atoms. The Hall–Kier alpha value is -1.68. The highest BCUT2D eigenvalue weighted by Crippen LogP contribution is 2.18.